The van der Waals surface area contributed by atoms with E-state index in [-0.39, 0.29) is 44.4 Å². The number of carbonyl (C=O) groups is 2. The Bertz CT molecular complexity index is 1170. The molecule has 0 fully saturated rings. The Balaban J connectivity index is 1.80. The van der Waals surface area contributed by atoms with Gasteiger partial charge in [0.15, 0.2) is 11.5 Å². The SMILES string of the molecule is CCOCC(=O)N(Cc1ccccc1)[C@@H]1C=C(C(=O)NCCO)[C@@H]2c3cc(CO)cc(OC)c3O[C@@H]2[C@H]1O. The lowest BCUT2D eigenvalue weighted by Gasteiger charge is -2.40. The van der Waals surface area contributed by atoms with E-state index in [4.69, 9.17) is 14.2 Å². The first-order chi connectivity index (χ1) is 18.4. The number of amides is 2. The van der Waals surface area contributed by atoms with Crippen molar-refractivity contribution in [3.63, 3.8) is 0 Å². The molecule has 1 aliphatic carbocycles. The van der Waals surface area contributed by atoms with Crippen molar-refractivity contribution in [2.75, 3.05) is 33.5 Å². The van der Waals surface area contributed by atoms with E-state index >= 15 is 0 Å². The number of nitrogens with one attached hydrogen (secondary N) is 1. The maximum atomic E-state index is 13.4. The second-order valence-corrected chi connectivity index (χ2v) is 9.16. The summed E-state index contributed by atoms with van der Waals surface area (Å²) in [6, 6.07) is 11.8. The highest BCUT2D eigenvalue weighted by molar-refractivity contribution is 5.96. The third-order valence-electron chi connectivity index (χ3n) is 6.80. The van der Waals surface area contributed by atoms with E-state index in [9.17, 15) is 24.9 Å². The smallest absolute Gasteiger partial charge is 0.249 e. The molecule has 38 heavy (non-hydrogen) atoms. The Kier molecular flexibility index (Phi) is 9.01. The van der Waals surface area contributed by atoms with Crippen LogP contribution >= 0.6 is 0 Å². The molecule has 0 bridgehead atoms. The van der Waals surface area contributed by atoms with Crippen molar-refractivity contribution in [1.29, 1.82) is 0 Å². The number of hydrogen-bond acceptors (Lipinski definition) is 8. The number of ether oxygens (including phenoxy) is 3. The third kappa shape index (κ3) is 5.53. The monoisotopic (exact) mass is 526 g/mol. The second kappa shape index (κ2) is 12.4. The van der Waals surface area contributed by atoms with Crippen molar-refractivity contribution >= 4 is 11.8 Å². The number of carbonyl (C=O) groups excluding carboxylic acids is 2. The first-order valence-corrected chi connectivity index (χ1v) is 12.6. The van der Waals surface area contributed by atoms with Gasteiger partial charge in [0.25, 0.3) is 0 Å². The minimum Gasteiger partial charge on any atom is -0.493 e. The Morgan fingerprint density at radius 2 is 1.89 bits per heavy atom. The van der Waals surface area contributed by atoms with Crippen molar-refractivity contribution in [3.8, 4) is 11.5 Å². The summed E-state index contributed by atoms with van der Waals surface area (Å²) in [7, 11) is 1.47. The molecule has 2 aliphatic rings. The minimum absolute atomic E-state index is 0.0332. The van der Waals surface area contributed by atoms with Crippen LogP contribution in [-0.2, 0) is 27.5 Å². The van der Waals surface area contributed by atoms with E-state index < -0.39 is 30.1 Å². The summed E-state index contributed by atoms with van der Waals surface area (Å²) in [5.74, 6) is -0.743. The summed E-state index contributed by atoms with van der Waals surface area (Å²) in [5, 5.41) is 33.4. The normalized spacial score (nSPS) is 21.6. The number of hydrogen-bond donors (Lipinski definition) is 4. The predicted molar refractivity (Wildman–Crippen MR) is 138 cm³/mol. The predicted octanol–water partition coefficient (Wildman–Crippen LogP) is 0.875. The van der Waals surface area contributed by atoms with E-state index in [2.05, 4.69) is 5.32 Å². The van der Waals surface area contributed by atoms with Crippen molar-refractivity contribution in [3.05, 3.63) is 70.8 Å². The van der Waals surface area contributed by atoms with Crippen molar-refractivity contribution in [2.45, 2.75) is 44.2 Å². The molecule has 4 N–H and O–H groups in total. The van der Waals surface area contributed by atoms with Gasteiger partial charge in [0.1, 0.15) is 18.8 Å². The molecule has 10 heteroatoms. The van der Waals surface area contributed by atoms with E-state index in [1.54, 1.807) is 25.1 Å². The number of methoxy groups -OCH3 is 1. The van der Waals surface area contributed by atoms with Crippen LogP contribution in [0.1, 0.15) is 29.5 Å². The minimum atomic E-state index is -1.20. The van der Waals surface area contributed by atoms with Gasteiger partial charge in [0, 0.05) is 30.8 Å². The van der Waals surface area contributed by atoms with Crippen LogP contribution in [0.5, 0.6) is 11.5 Å². The average molecular weight is 527 g/mol. The number of aliphatic hydroxyl groups excluding tert-OH is 3. The van der Waals surface area contributed by atoms with Gasteiger partial charge < -0.3 is 39.7 Å². The molecule has 0 aromatic heterocycles. The number of rotatable bonds is 11. The molecule has 1 heterocycles. The Morgan fingerprint density at radius 3 is 2.55 bits per heavy atom. The molecule has 10 nitrogen and oxygen atoms in total. The highest BCUT2D eigenvalue weighted by atomic mass is 16.5. The second-order valence-electron chi connectivity index (χ2n) is 9.16. The molecule has 0 spiro atoms. The maximum absolute atomic E-state index is 13.4. The van der Waals surface area contributed by atoms with Gasteiger partial charge in [-0.3, -0.25) is 9.59 Å². The van der Waals surface area contributed by atoms with Gasteiger partial charge in [-0.2, -0.15) is 0 Å². The van der Waals surface area contributed by atoms with E-state index in [1.165, 1.54) is 12.0 Å². The largest absolute Gasteiger partial charge is 0.493 e. The molecule has 4 atom stereocenters. The lowest BCUT2D eigenvalue weighted by molar-refractivity contribution is -0.142. The molecule has 0 saturated carbocycles. The molecule has 4 rings (SSSR count). The Hall–Kier alpha value is -3.44. The number of nitrogens with zero attached hydrogens (tertiary/aromatic N) is 1. The van der Waals surface area contributed by atoms with Crippen LogP contribution in [0, 0.1) is 0 Å². The van der Waals surface area contributed by atoms with Crippen LogP contribution in [0.4, 0.5) is 0 Å². The number of aliphatic hydroxyl groups is 3. The molecular weight excluding hydrogens is 492 g/mol. The van der Waals surface area contributed by atoms with Crippen LogP contribution in [0.2, 0.25) is 0 Å². The average Bonchev–Trinajstić information content (AvgIpc) is 3.34. The van der Waals surface area contributed by atoms with E-state index in [0.29, 0.717) is 29.2 Å². The van der Waals surface area contributed by atoms with Gasteiger partial charge >= 0.3 is 0 Å². The Morgan fingerprint density at radius 1 is 1.13 bits per heavy atom. The van der Waals surface area contributed by atoms with Gasteiger partial charge in [0.05, 0.1) is 32.3 Å². The Labute approximate surface area is 221 Å². The van der Waals surface area contributed by atoms with Crippen molar-refractivity contribution in [1.82, 2.24) is 10.2 Å². The molecule has 0 radical (unpaired) electrons. The zero-order chi connectivity index (χ0) is 27.2. The molecule has 0 saturated heterocycles. The quantitative estimate of drug-likeness (QED) is 0.339. The lowest BCUT2D eigenvalue weighted by Crippen LogP contribution is -2.56. The van der Waals surface area contributed by atoms with Crippen molar-refractivity contribution < 1.29 is 39.1 Å². The number of benzene rings is 2. The number of fused-ring (bicyclic) bond motifs is 3. The molecule has 2 aromatic rings. The molecule has 2 amide bonds. The molecule has 204 valence electrons. The summed E-state index contributed by atoms with van der Waals surface area (Å²) in [5.41, 5.74) is 2.29. The lowest BCUT2D eigenvalue weighted by atomic mass is 9.77. The van der Waals surface area contributed by atoms with E-state index in [0.717, 1.165) is 5.56 Å². The van der Waals surface area contributed by atoms with Crippen molar-refractivity contribution in [2.24, 2.45) is 0 Å². The van der Waals surface area contributed by atoms with Crippen LogP contribution < -0.4 is 14.8 Å². The first-order valence-electron chi connectivity index (χ1n) is 12.6. The van der Waals surface area contributed by atoms with Gasteiger partial charge in [-0.25, -0.2) is 0 Å². The fourth-order valence-electron chi connectivity index (χ4n) is 5.03. The molecule has 0 unspecified atom stereocenters. The van der Waals surface area contributed by atoms with Crippen LogP contribution in [0.25, 0.3) is 0 Å². The summed E-state index contributed by atoms with van der Waals surface area (Å²) in [6.45, 7) is 1.66. The third-order valence-corrected chi connectivity index (χ3v) is 6.80. The fraction of sp³-hybridized carbons (Fsp3) is 0.429. The van der Waals surface area contributed by atoms with E-state index in [1.807, 2.05) is 30.3 Å². The van der Waals surface area contributed by atoms with Crippen LogP contribution in [-0.4, -0.2) is 83.8 Å². The zero-order valence-electron chi connectivity index (χ0n) is 21.5. The summed E-state index contributed by atoms with van der Waals surface area (Å²) in [6.07, 6.45) is -0.503. The van der Waals surface area contributed by atoms with Crippen LogP contribution in [0.3, 0.4) is 0 Å². The highest BCUT2D eigenvalue weighted by Crippen LogP contribution is 2.51. The summed E-state index contributed by atoms with van der Waals surface area (Å²) >= 11 is 0. The van der Waals surface area contributed by atoms with Gasteiger partial charge in [-0.05, 0) is 36.3 Å². The summed E-state index contributed by atoms with van der Waals surface area (Å²) < 4.78 is 17.1. The van der Waals surface area contributed by atoms with Gasteiger partial charge in [0.2, 0.25) is 11.8 Å². The fourth-order valence-corrected chi connectivity index (χ4v) is 5.03. The maximum Gasteiger partial charge on any atom is 0.249 e. The topological polar surface area (TPSA) is 138 Å². The standard InChI is InChI=1S/C28H34N2O8/c1-3-37-16-23(33)30(14-17-7-5-4-6-8-17)21-13-20(28(35)29-9-10-31)24-19-11-18(15-32)12-22(36-2)26(19)38-27(24)25(21)34/h4-8,11-13,21,24-25,27,31-32,34H,3,9-10,14-16H2,1-2H3,(H,29,35)/t21-,24+,25+,27+/m1/s1. The van der Waals surface area contributed by atoms with Gasteiger partial charge in [-0.1, -0.05) is 30.3 Å². The van der Waals surface area contributed by atoms with Crippen LogP contribution in [0.15, 0.2) is 54.1 Å². The van der Waals surface area contributed by atoms with Gasteiger partial charge in [-0.15, -0.1) is 0 Å². The summed E-state index contributed by atoms with van der Waals surface area (Å²) in [4.78, 5) is 28.2. The zero-order valence-corrected chi connectivity index (χ0v) is 21.5. The molecular formula is C28H34N2O8. The highest BCUT2D eigenvalue weighted by Gasteiger charge is 2.51. The first kappa shape index (κ1) is 27.6. The molecule has 2 aromatic carbocycles. The molecule has 1 aliphatic heterocycles.